The molecule has 6 heteroatoms. The molecule has 2 aromatic rings. The lowest BCUT2D eigenvalue weighted by Gasteiger charge is -2.12. The van der Waals surface area contributed by atoms with Gasteiger partial charge in [0.05, 0.1) is 0 Å². The van der Waals surface area contributed by atoms with Crippen molar-refractivity contribution in [3.8, 4) is 0 Å². The molecule has 0 atom stereocenters. The van der Waals surface area contributed by atoms with Crippen LogP contribution in [-0.2, 0) is 6.18 Å². The Morgan fingerprint density at radius 1 is 1.11 bits per heavy atom. The number of alkyl halides is 3. The van der Waals surface area contributed by atoms with Crippen molar-refractivity contribution in [2.75, 3.05) is 0 Å². The smallest absolute Gasteiger partial charge is 0.289 e. The van der Waals surface area contributed by atoms with Gasteiger partial charge in [-0.3, -0.25) is 9.78 Å². The van der Waals surface area contributed by atoms with Crippen molar-refractivity contribution in [3.63, 3.8) is 0 Å². The lowest BCUT2D eigenvalue weighted by atomic mass is 9.98. The van der Waals surface area contributed by atoms with Gasteiger partial charge in [-0.15, -0.1) is 0 Å². The Bertz CT molecular complexity index is 608. The summed E-state index contributed by atoms with van der Waals surface area (Å²) >= 11 is 0. The van der Waals surface area contributed by atoms with Crippen molar-refractivity contribution in [2.24, 2.45) is 0 Å². The monoisotopic (exact) mass is 269 g/mol. The Labute approximate surface area is 105 Å². The average Bonchev–Trinajstić information content (AvgIpc) is 2.37. The van der Waals surface area contributed by atoms with Gasteiger partial charge in [-0.25, -0.2) is 4.39 Å². The summed E-state index contributed by atoms with van der Waals surface area (Å²) < 4.78 is 51.7. The molecule has 0 aliphatic carbocycles. The summed E-state index contributed by atoms with van der Waals surface area (Å²) in [5.41, 5.74) is -2.30. The second-order valence-corrected chi connectivity index (χ2v) is 3.73. The Hall–Kier alpha value is -2.24. The first-order valence-electron chi connectivity index (χ1n) is 5.21. The molecular weight excluding hydrogens is 262 g/mol. The third-order valence-electron chi connectivity index (χ3n) is 2.47. The van der Waals surface area contributed by atoms with Gasteiger partial charge in [-0.05, 0) is 18.2 Å². The van der Waals surface area contributed by atoms with Gasteiger partial charge in [0.1, 0.15) is 11.4 Å². The fraction of sp³-hybridized carbons (Fsp3) is 0.0769. The molecule has 98 valence electrons. The molecule has 0 saturated carbocycles. The summed E-state index contributed by atoms with van der Waals surface area (Å²) in [6.07, 6.45) is -2.42. The molecular formula is C13H7F4NO. The predicted molar refractivity (Wildman–Crippen MR) is 59.1 cm³/mol. The number of aromatic nitrogens is 1. The molecule has 0 unspecified atom stereocenters. The van der Waals surface area contributed by atoms with Crippen LogP contribution in [-0.4, -0.2) is 10.8 Å². The zero-order valence-electron chi connectivity index (χ0n) is 9.41. The highest BCUT2D eigenvalue weighted by molar-refractivity contribution is 6.09. The van der Waals surface area contributed by atoms with Gasteiger partial charge in [0.2, 0.25) is 0 Å². The first kappa shape index (κ1) is 13.2. The lowest BCUT2D eigenvalue weighted by Crippen LogP contribution is -2.16. The van der Waals surface area contributed by atoms with Crippen LogP contribution in [0.25, 0.3) is 0 Å². The topological polar surface area (TPSA) is 30.0 Å². The van der Waals surface area contributed by atoms with Crippen LogP contribution in [0.1, 0.15) is 21.5 Å². The van der Waals surface area contributed by atoms with E-state index in [-0.39, 0.29) is 5.56 Å². The van der Waals surface area contributed by atoms with Crippen LogP contribution < -0.4 is 0 Å². The number of hydrogen-bond donors (Lipinski definition) is 0. The third-order valence-corrected chi connectivity index (χ3v) is 2.47. The van der Waals surface area contributed by atoms with E-state index in [2.05, 4.69) is 4.98 Å². The van der Waals surface area contributed by atoms with E-state index in [0.29, 0.717) is 6.07 Å². The first-order valence-corrected chi connectivity index (χ1v) is 5.21. The van der Waals surface area contributed by atoms with Gasteiger partial charge in [0.25, 0.3) is 0 Å². The van der Waals surface area contributed by atoms with E-state index < -0.39 is 28.9 Å². The SMILES string of the molecule is O=C(c1cccnc1)c1cccc(F)c1C(F)(F)F. The van der Waals surface area contributed by atoms with Crippen molar-refractivity contribution >= 4 is 5.78 Å². The highest BCUT2D eigenvalue weighted by atomic mass is 19.4. The fourth-order valence-electron chi connectivity index (χ4n) is 1.65. The molecule has 0 saturated heterocycles. The molecule has 1 aromatic heterocycles. The number of benzene rings is 1. The molecule has 0 radical (unpaired) electrons. The number of carbonyl (C=O) groups excluding carboxylic acids is 1. The zero-order valence-corrected chi connectivity index (χ0v) is 9.41. The number of halogens is 4. The number of carbonyl (C=O) groups is 1. The van der Waals surface area contributed by atoms with E-state index in [1.165, 1.54) is 18.3 Å². The highest BCUT2D eigenvalue weighted by Gasteiger charge is 2.38. The van der Waals surface area contributed by atoms with Crippen LogP contribution in [0.5, 0.6) is 0 Å². The maximum absolute atomic E-state index is 13.3. The van der Waals surface area contributed by atoms with Gasteiger partial charge in [-0.2, -0.15) is 13.2 Å². The van der Waals surface area contributed by atoms with Crippen LogP contribution in [0.3, 0.4) is 0 Å². The Morgan fingerprint density at radius 3 is 2.42 bits per heavy atom. The maximum Gasteiger partial charge on any atom is 0.419 e. The second-order valence-electron chi connectivity index (χ2n) is 3.73. The Kier molecular flexibility index (Phi) is 3.33. The summed E-state index contributed by atoms with van der Waals surface area (Å²) in [6, 6.07) is 5.42. The number of nitrogens with zero attached hydrogens (tertiary/aromatic N) is 1. The van der Waals surface area contributed by atoms with Crippen molar-refractivity contribution < 1.29 is 22.4 Å². The van der Waals surface area contributed by atoms with Gasteiger partial charge in [-0.1, -0.05) is 12.1 Å². The highest BCUT2D eigenvalue weighted by Crippen LogP contribution is 2.34. The summed E-state index contributed by atoms with van der Waals surface area (Å²) in [7, 11) is 0. The van der Waals surface area contributed by atoms with Gasteiger partial charge in [0.15, 0.2) is 5.78 Å². The van der Waals surface area contributed by atoms with E-state index in [9.17, 15) is 22.4 Å². The molecule has 0 aliphatic heterocycles. The van der Waals surface area contributed by atoms with Crippen molar-refractivity contribution in [2.45, 2.75) is 6.18 Å². The largest absolute Gasteiger partial charge is 0.419 e. The summed E-state index contributed by atoms with van der Waals surface area (Å²) in [5, 5.41) is 0. The summed E-state index contributed by atoms with van der Waals surface area (Å²) in [4.78, 5) is 15.6. The lowest BCUT2D eigenvalue weighted by molar-refractivity contribution is -0.140. The molecule has 0 spiro atoms. The van der Waals surface area contributed by atoms with Crippen molar-refractivity contribution in [1.29, 1.82) is 0 Å². The number of ketones is 1. The molecule has 0 bridgehead atoms. The molecule has 0 amide bonds. The molecule has 0 fully saturated rings. The molecule has 0 aliphatic rings. The van der Waals surface area contributed by atoms with E-state index >= 15 is 0 Å². The van der Waals surface area contributed by atoms with E-state index in [1.807, 2.05) is 0 Å². The van der Waals surface area contributed by atoms with E-state index in [1.54, 1.807) is 0 Å². The summed E-state index contributed by atoms with van der Waals surface area (Å²) in [6.45, 7) is 0. The fourth-order valence-corrected chi connectivity index (χ4v) is 1.65. The average molecular weight is 269 g/mol. The van der Waals surface area contributed by atoms with Crippen LogP contribution in [0, 0.1) is 5.82 Å². The zero-order chi connectivity index (χ0) is 14.0. The van der Waals surface area contributed by atoms with Gasteiger partial charge in [0, 0.05) is 23.5 Å². The Morgan fingerprint density at radius 2 is 1.84 bits per heavy atom. The van der Waals surface area contributed by atoms with E-state index in [0.717, 1.165) is 18.3 Å². The quantitative estimate of drug-likeness (QED) is 0.617. The Balaban J connectivity index is 2.58. The minimum absolute atomic E-state index is 0.0291. The van der Waals surface area contributed by atoms with Crippen LogP contribution in [0.2, 0.25) is 0 Å². The normalized spacial score (nSPS) is 11.4. The third kappa shape index (κ3) is 2.62. The molecule has 1 heterocycles. The molecule has 0 N–H and O–H groups in total. The van der Waals surface area contributed by atoms with Crippen LogP contribution in [0.4, 0.5) is 17.6 Å². The summed E-state index contributed by atoms with van der Waals surface area (Å²) in [5.74, 6) is -2.39. The molecule has 2 nitrogen and oxygen atoms in total. The minimum atomic E-state index is -4.93. The molecule has 1 aromatic carbocycles. The van der Waals surface area contributed by atoms with Gasteiger partial charge < -0.3 is 0 Å². The first-order chi connectivity index (χ1) is 8.91. The molecule has 2 rings (SSSR count). The van der Waals surface area contributed by atoms with Crippen molar-refractivity contribution in [3.05, 3.63) is 65.2 Å². The molecule has 19 heavy (non-hydrogen) atoms. The van der Waals surface area contributed by atoms with Crippen LogP contribution >= 0.6 is 0 Å². The predicted octanol–water partition coefficient (Wildman–Crippen LogP) is 3.47. The van der Waals surface area contributed by atoms with Gasteiger partial charge >= 0.3 is 6.18 Å². The maximum atomic E-state index is 13.3. The number of hydrogen-bond acceptors (Lipinski definition) is 2. The minimum Gasteiger partial charge on any atom is -0.289 e. The number of rotatable bonds is 2. The standard InChI is InChI=1S/C13H7F4NO/c14-10-5-1-4-9(11(10)13(15,16)17)12(19)8-3-2-6-18-7-8/h1-7H. The van der Waals surface area contributed by atoms with E-state index in [4.69, 9.17) is 0 Å². The van der Waals surface area contributed by atoms with Crippen LogP contribution in [0.15, 0.2) is 42.7 Å². The second kappa shape index (κ2) is 4.79. The van der Waals surface area contributed by atoms with Crippen molar-refractivity contribution in [1.82, 2.24) is 4.98 Å². The number of pyridine rings is 1.